The maximum Gasteiger partial charge on any atom is 0.136 e. The van der Waals surface area contributed by atoms with E-state index in [2.05, 4.69) is 106 Å². The van der Waals surface area contributed by atoms with Gasteiger partial charge in [-0.3, -0.25) is 0 Å². The van der Waals surface area contributed by atoms with Crippen LogP contribution in [-0.2, 0) is 0 Å². The third-order valence-corrected chi connectivity index (χ3v) is 13.4. The Labute approximate surface area is 352 Å². The molecule has 0 bridgehead atoms. The fourth-order valence-corrected chi connectivity index (χ4v) is 9.17. The van der Waals surface area contributed by atoms with Gasteiger partial charge in [0.05, 0.1) is 26.4 Å². The molecule has 4 aromatic rings. The molecule has 0 N–H and O–H groups in total. The lowest BCUT2D eigenvalue weighted by molar-refractivity contribution is 0.223. The van der Waals surface area contributed by atoms with Crippen molar-refractivity contribution in [3.63, 3.8) is 0 Å². The van der Waals surface area contributed by atoms with Crippen molar-refractivity contribution >= 4 is 21.5 Å². The Hall–Kier alpha value is -3.40. The average Bonchev–Trinajstić information content (AvgIpc) is 3.23. The summed E-state index contributed by atoms with van der Waals surface area (Å²) in [5.74, 6) is 5.96. The second-order valence-corrected chi connectivity index (χ2v) is 17.7. The number of fused-ring (bicyclic) bond motifs is 4. The molecular weight excluding hydrogens is 713 g/mol. The van der Waals surface area contributed by atoms with Crippen LogP contribution in [0.3, 0.4) is 0 Å². The first-order valence-electron chi connectivity index (χ1n) is 24.0. The molecule has 4 aromatic carbocycles. The molecule has 1 aliphatic rings. The Balaban J connectivity index is 1.91. The van der Waals surface area contributed by atoms with Gasteiger partial charge >= 0.3 is 0 Å². The summed E-state index contributed by atoms with van der Waals surface area (Å²) in [6, 6.07) is 13.4. The summed E-state index contributed by atoms with van der Waals surface area (Å²) in [5, 5.41) is 9.25. The highest BCUT2D eigenvalue weighted by atomic mass is 16.5. The van der Waals surface area contributed by atoms with E-state index in [0.717, 1.165) is 80.3 Å². The number of hydrogen-bond acceptors (Lipinski definition) is 4. The molecule has 320 valence electrons. The largest absolute Gasteiger partial charge is 0.492 e. The van der Waals surface area contributed by atoms with Gasteiger partial charge in [-0.2, -0.15) is 0 Å². The second-order valence-electron chi connectivity index (χ2n) is 17.7. The second kappa shape index (κ2) is 22.8. The lowest BCUT2D eigenvalue weighted by Crippen LogP contribution is -2.17. The quantitative estimate of drug-likeness (QED) is 0.0505. The summed E-state index contributed by atoms with van der Waals surface area (Å²) >= 11 is 0. The van der Waals surface area contributed by atoms with E-state index in [1.807, 2.05) is 0 Å². The summed E-state index contributed by atoms with van der Waals surface area (Å²) < 4.78 is 29.0. The molecular formula is C54H80O4. The topological polar surface area (TPSA) is 36.9 Å². The van der Waals surface area contributed by atoms with Gasteiger partial charge in [0.15, 0.2) is 0 Å². The molecule has 0 saturated carbocycles. The normalized spacial score (nSPS) is 14.1. The van der Waals surface area contributed by atoms with Gasteiger partial charge in [0, 0.05) is 42.4 Å². The van der Waals surface area contributed by atoms with Crippen molar-refractivity contribution in [2.45, 2.75) is 172 Å². The van der Waals surface area contributed by atoms with Gasteiger partial charge < -0.3 is 18.9 Å². The van der Waals surface area contributed by atoms with Crippen molar-refractivity contribution < 1.29 is 18.9 Å². The van der Waals surface area contributed by atoms with Gasteiger partial charge in [0.25, 0.3) is 0 Å². The molecule has 4 nitrogen and oxygen atoms in total. The summed E-state index contributed by atoms with van der Waals surface area (Å²) in [6.45, 7) is 25.7. The lowest BCUT2D eigenvalue weighted by atomic mass is 9.89. The van der Waals surface area contributed by atoms with Crippen LogP contribution in [0.1, 0.15) is 169 Å². The van der Waals surface area contributed by atoms with Crippen LogP contribution in [0.4, 0.5) is 0 Å². The number of ether oxygens (including phenoxy) is 4. The van der Waals surface area contributed by atoms with Crippen LogP contribution in [-0.4, -0.2) is 26.4 Å². The minimum absolute atomic E-state index is 0.500. The Morgan fingerprint density at radius 1 is 0.379 bits per heavy atom. The van der Waals surface area contributed by atoms with Crippen molar-refractivity contribution in [1.29, 1.82) is 0 Å². The zero-order valence-electron chi connectivity index (χ0n) is 38.5. The molecule has 1 aliphatic carbocycles. The maximum atomic E-state index is 7.27. The first-order valence-corrected chi connectivity index (χ1v) is 24.0. The van der Waals surface area contributed by atoms with Crippen LogP contribution in [0.5, 0.6) is 23.0 Å². The Morgan fingerprint density at radius 3 is 0.931 bits per heavy atom. The molecule has 0 amide bonds. The molecule has 0 aliphatic heterocycles. The van der Waals surface area contributed by atoms with E-state index in [1.54, 1.807) is 0 Å². The van der Waals surface area contributed by atoms with Crippen molar-refractivity contribution in [2.24, 2.45) is 23.7 Å². The van der Waals surface area contributed by atoms with Gasteiger partial charge in [-0.25, -0.2) is 0 Å². The molecule has 4 atom stereocenters. The molecule has 0 aromatic heterocycles. The summed E-state index contributed by atoms with van der Waals surface area (Å²) in [6.07, 6.45) is 18.9. The van der Waals surface area contributed by atoms with Crippen molar-refractivity contribution in [2.75, 3.05) is 26.4 Å². The average molecular weight is 793 g/mol. The molecule has 58 heavy (non-hydrogen) atoms. The third-order valence-electron chi connectivity index (χ3n) is 13.4. The van der Waals surface area contributed by atoms with Gasteiger partial charge in [-0.1, -0.05) is 169 Å². The first-order chi connectivity index (χ1) is 28.3. The first kappa shape index (κ1) is 45.7. The van der Waals surface area contributed by atoms with Crippen LogP contribution in [0.25, 0.3) is 21.5 Å². The summed E-state index contributed by atoms with van der Waals surface area (Å²) in [5.41, 5.74) is 2.44. The third kappa shape index (κ3) is 10.3. The Bertz CT molecular complexity index is 1950. The van der Waals surface area contributed by atoms with Crippen LogP contribution in [0.15, 0.2) is 36.4 Å². The number of benzene rings is 4. The van der Waals surface area contributed by atoms with Gasteiger partial charge in [-0.05, 0) is 74.3 Å². The number of aryl methyl sites for hydroxylation is 2. The molecule has 5 rings (SSSR count). The van der Waals surface area contributed by atoms with E-state index in [4.69, 9.17) is 18.9 Å². The predicted octanol–water partition coefficient (Wildman–Crippen LogP) is 15.9. The fourth-order valence-electron chi connectivity index (χ4n) is 9.17. The van der Waals surface area contributed by atoms with Crippen LogP contribution in [0.2, 0.25) is 0 Å². The molecule has 4 unspecified atom stereocenters. The van der Waals surface area contributed by atoms with Gasteiger partial charge in [0.1, 0.15) is 23.0 Å². The fraction of sp³-hybridized carbons (Fsp3) is 0.630. The lowest BCUT2D eigenvalue weighted by Gasteiger charge is -2.27. The summed E-state index contributed by atoms with van der Waals surface area (Å²) in [4.78, 5) is 0. The van der Waals surface area contributed by atoms with Crippen LogP contribution < -0.4 is 18.9 Å². The Morgan fingerprint density at radius 2 is 0.655 bits per heavy atom. The SMILES string of the molecule is CCCCC(CC)COc1c2c(c(OCC(CC)CCCC)c3c(C)cccc13)=c1c(OCC(CC)CCCC)c3c(C)cccc3c(OCC(CC)CCCC)c1=2. The van der Waals surface area contributed by atoms with Crippen LogP contribution >= 0.6 is 0 Å². The molecule has 4 heteroatoms. The van der Waals surface area contributed by atoms with Gasteiger partial charge in [-0.15, -0.1) is 0 Å². The standard InChI is InChI=1S/C54H80O4/c1-11-19-27-39(15-5)33-55-51-43-31-23-25-37(9)45(43)53(57-35-41(17-7)29-21-13-3)49-47(51)48-50(49)54(58-36-42(18-8)30-22-14-4)46-38(10)26-24-32-44(46)52(48)56-34-40(16-6)28-20-12-2/h23-26,31-32,39-42H,11-22,27-30,33-36H2,1-10H3. The van der Waals surface area contributed by atoms with Crippen molar-refractivity contribution in [3.8, 4) is 23.0 Å². The zero-order valence-corrected chi connectivity index (χ0v) is 38.5. The number of unbranched alkanes of at least 4 members (excludes halogenated alkanes) is 4. The highest BCUT2D eigenvalue weighted by Gasteiger charge is 2.29. The van der Waals surface area contributed by atoms with E-state index in [0.29, 0.717) is 50.1 Å². The Kier molecular flexibility index (Phi) is 18.0. The molecule has 0 spiro atoms. The number of hydrogen-bond donors (Lipinski definition) is 0. The summed E-state index contributed by atoms with van der Waals surface area (Å²) in [7, 11) is 0. The zero-order chi connectivity index (χ0) is 41.6. The highest BCUT2D eigenvalue weighted by Crippen LogP contribution is 2.48. The van der Waals surface area contributed by atoms with Crippen molar-refractivity contribution in [3.05, 3.63) is 68.4 Å². The van der Waals surface area contributed by atoms with Gasteiger partial charge in [0.2, 0.25) is 0 Å². The molecule has 0 radical (unpaired) electrons. The molecule has 0 heterocycles. The van der Waals surface area contributed by atoms with Crippen LogP contribution in [0, 0.1) is 58.4 Å². The molecule has 0 fully saturated rings. The minimum Gasteiger partial charge on any atom is -0.492 e. The van der Waals surface area contributed by atoms with Crippen molar-refractivity contribution in [1.82, 2.24) is 0 Å². The minimum atomic E-state index is 0.500. The monoisotopic (exact) mass is 793 g/mol. The predicted molar refractivity (Wildman–Crippen MR) is 248 cm³/mol. The molecule has 0 saturated heterocycles. The highest BCUT2D eigenvalue weighted by molar-refractivity contribution is 6.00. The van der Waals surface area contributed by atoms with E-state index in [9.17, 15) is 0 Å². The number of rotatable bonds is 28. The van der Waals surface area contributed by atoms with E-state index in [1.165, 1.54) is 98.9 Å². The van der Waals surface area contributed by atoms with E-state index < -0.39 is 0 Å². The maximum absolute atomic E-state index is 7.27. The van der Waals surface area contributed by atoms with E-state index in [-0.39, 0.29) is 0 Å². The van der Waals surface area contributed by atoms with E-state index >= 15 is 0 Å². The smallest absolute Gasteiger partial charge is 0.136 e.